The number of hydrogen-bond donors (Lipinski definition) is 3. The predicted octanol–water partition coefficient (Wildman–Crippen LogP) is 5.56. The zero-order chi connectivity index (χ0) is 31.4. The van der Waals surface area contributed by atoms with E-state index in [1.54, 1.807) is 18.2 Å². The molecule has 2 fully saturated rings. The maximum absolute atomic E-state index is 14.1. The van der Waals surface area contributed by atoms with Crippen LogP contribution in [0.5, 0.6) is 0 Å². The fraction of sp³-hybridized carbons (Fsp3) is 0.378. The minimum Gasteiger partial charge on any atom is -0.354 e. The second-order valence-corrected chi connectivity index (χ2v) is 12.5. The third-order valence-corrected chi connectivity index (χ3v) is 9.13. The third kappa shape index (κ3) is 9.52. The van der Waals surface area contributed by atoms with Crippen LogP contribution in [0.3, 0.4) is 0 Å². The van der Waals surface area contributed by atoms with Gasteiger partial charge in [-0.15, -0.1) is 0 Å². The van der Waals surface area contributed by atoms with Gasteiger partial charge in [-0.2, -0.15) is 0 Å². The molecular formula is C37H43ClN4O3. The van der Waals surface area contributed by atoms with Crippen molar-refractivity contribution >= 4 is 35.4 Å². The first kappa shape index (κ1) is 32.5. The van der Waals surface area contributed by atoms with Gasteiger partial charge in [0.05, 0.1) is 0 Å². The maximum Gasteiger partial charge on any atom is 0.244 e. The highest BCUT2D eigenvalue weighted by molar-refractivity contribution is 6.30. The molecular weight excluding hydrogens is 584 g/mol. The van der Waals surface area contributed by atoms with Gasteiger partial charge in [0.1, 0.15) is 6.04 Å². The summed E-state index contributed by atoms with van der Waals surface area (Å²) in [5.74, 6) is -0.201. The van der Waals surface area contributed by atoms with Crippen LogP contribution < -0.4 is 16.0 Å². The van der Waals surface area contributed by atoms with Crippen LogP contribution in [0.4, 0.5) is 0 Å². The molecule has 3 aromatic rings. The van der Waals surface area contributed by atoms with Crippen LogP contribution in [0.1, 0.15) is 61.1 Å². The van der Waals surface area contributed by atoms with Crippen molar-refractivity contribution in [2.75, 3.05) is 26.2 Å². The Labute approximate surface area is 271 Å². The van der Waals surface area contributed by atoms with E-state index in [9.17, 15) is 14.4 Å². The number of carbonyl (C=O) groups is 3. The number of nitrogens with one attached hydrogen (secondary N) is 3. The van der Waals surface area contributed by atoms with Crippen molar-refractivity contribution in [2.24, 2.45) is 5.92 Å². The minimum atomic E-state index is -0.598. The number of halogens is 1. The van der Waals surface area contributed by atoms with Gasteiger partial charge in [0.25, 0.3) is 0 Å². The fourth-order valence-electron chi connectivity index (χ4n) is 6.30. The van der Waals surface area contributed by atoms with Crippen LogP contribution >= 0.6 is 11.6 Å². The molecule has 2 aliphatic rings. The van der Waals surface area contributed by atoms with Gasteiger partial charge in [-0.1, -0.05) is 104 Å². The van der Waals surface area contributed by atoms with E-state index < -0.39 is 6.04 Å². The third-order valence-electron chi connectivity index (χ3n) is 8.88. The molecule has 8 heteroatoms. The van der Waals surface area contributed by atoms with Crippen molar-refractivity contribution < 1.29 is 14.4 Å². The van der Waals surface area contributed by atoms with Crippen LogP contribution in [-0.2, 0) is 14.4 Å². The average molecular weight is 627 g/mol. The minimum absolute atomic E-state index is 0.00286. The van der Waals surface area contributed by atoms with E-state index in [0.29, 0.717) is 31.1 Å². The summed E-state index contributed by atoms with van der Waals surface area (Å²) in [5, 5.41) is 10.2. The lowest BCUT2D eigenvalue weighted by Crippen LogP contribution is -2.54. The highest BCUT2D eigenvalue weighted by Crippen LogP contribution is 2.27. The normalized spacial score (nSPS) is 19.4. The summed E-state index contributed by atoms with van der Waals surface area (Å²) in [6.07, 6.45) is 9.03. The SMILES string of the molecule is O=C(/C=C/c1ccc(Cl)cc1)NC[C@@H]1CCN(CC(c2ccccc2)c2ccccc2)C(=O)[C@H](CNC(=O)C2CCCCC2)N1. The van der Waals surface area contributed by atoms with Crippen LogP contribution in [-0.4, -0.2) is 60.9 Å². The van der Waals surface area contributed by atoms with Gasteiger partial charge in [0, 0.05) is 55.2 Å². The summed E-state index contributed by atoms with van der Waals surface area (Å²) in [5.41, 5.74) is 3.17. The van der Waals surface area contributed by atoms with Crippen LogP contribution in [0.15, 0.2) is 91.0 Å². The largest absolute Gasteiger partial charge is 0.354 e. The Bertz CT molecular complexity index is 1390. The average Bonchev–Trinajstić information content (AvgIpc) is 3.23. The van der Waals surface area contributed by atoms with Gasteiger partial charge < -0.3 is 15.5 Å². The number of nitrogens with zero attached hydrogens (tertiary/aromatic N) is 1. The van der Waals surface area contributed by atoms with E-state index >= 15 is 0 Å². The summed E-state index contributed by atoms with van der Waals surface area (Å²) in [6, 6.07) is 27.1. The number of rotatable bonds is 11. The first-order chi connectivity index (χ1) is 22.0. The maximum atomic E-state index is 14.1. The van der Waals surface area contributed by atoms with Crippen LogP contribution in [0.2, 0.25) is 5.02 Å². The molecule has 1 aliphatic heterocycles. The summed E-state index contributed by atoms with van der Waals surface area (Å²) in [4.78, 5) is 41.7. The molecule has 45 heavy (non-hydrogen) atoms. The molecule has 0 radical (unpaired) electrons. The second-order valence-electron chi connectivity index (χ2n) is 12.1. The fourth-order valence-corrected chi connectivity index (χ4v) is 6.43. The number of carbonyl (C=O) groups excluding carboxylic acids is 3. The Balaban J connectivity index is 1.29. The highest BCUT2D eigenvalue weighted by atomic mass is 35.5. The number of benzene rings is 3. The lowest BCUT2D eigenvalue weighted by molar-refractivity contribution is -0.133. The smallest absolute Gasteiger partial charge is 0.244 e. The van der Waals surface area contributed by atoms with Crippen molar-refractivity contribution in [3.8, 4) is 0 Å². The van der Waals surface area contributed by atoms with E-state index in [0.717, 1.165) is 42.4 Å². The molecule has 3 amide bonds. The second kappa shape index (κ2) is 16.4. The Morgan fingerprint density at radius 1 is 0.844 bits per heavy atom. The van der Waals surface area contributed by atoms with E-state index in [2.05, 4.69) is 40.2 Å². The molecule has 0 bridgehead atoms. The van der Waals surface area contributed by atoms with Gasteiger partial charge in [0.2, 0.25) is 17.7 Å². The molecule has 0 aromatic heterocycles. The summed E-state index contributed by atoms with van der Waals surface area (Å²) in [7, 11) is 0. The summed E-state index contributed by atoms with van der Waals surface area (Å²) >= 11 is 5.96. The molecule has 1 saturated heterocycles. The predicted molar refractivity (Wildman–Crippen MR) is 180 cm³/mol. The van der Waals surface area contributed by atoms with Crippen molar-refractivity contribution in [1.29, 1.82) is 0 Å². The molecule has 1 heterocycles. The van der Waals surface area contributed by atoms with Crippen molar-refractivity contribution in [3.63, 3.8) is 0 Å². The Kier molecular flexibility index (Phi) is 11.8. The zero-order valence-electron chi connectivity index (χ0n) is 25.7. The van der Waals surface area contributed by atoms with E-state index in [4.69, 9.17) is 11.6 Å². The van der Waals surface area contributed by atoms with Gasteiger partial charge in [-0.3, -0.25) is 19.7 Å². The summed E-state index contributed by atoms with van der Waals surface area (Å²) < 4.78 is 0. The molecule has 5 rings (SSSR count). The topological polar surface area (TPSA) is 90.5 Å². The molecule has 1 saturated carbocycles. The quantitative estimate of drug-likeness (QED) is 0.243. The Morgan fingerprint density at radius 3 is 2.13 bits per heavy atom. The Morgan fingerprint density at radius 2 is 1.49 bits per heavy atom. The van der Waals surface area contributed by atoms with Crippen molar-refractivity contribution in [3.05, 3.63) is 113 Å². The van der Waals surface area contributed by atoms with Crippen molar-refractivity contribution in [2.45, 2.75) is 56.5 Å². The molecule has 7 nitrogen and oxygen atoms in total. The van der Waals surface area contributed by atoms with Gasteiger partial charge in [0.15, 0.2) is 0 Å². The van der Waals surface area contributed by atoms with Crippen molar-refractivity contribution in [1.82, 2.24) is 20.9 Å². The van der Waals surface area contributed by atoms with Gasteiger partial charge in [-0.25, -0.2) is 0 Å². The van der Waals surface area contributed by atoms with E-state index in [1.807, 2.05) is 53.4 Å². The highest BCUT2D eigenvalue weighted by Gasteiger charge is 2.33. The van der Waals surface area contributed by atoms with Crippen LogP contribution in [0.25, 0.3) is 6.08 Å². The number of amides is 3. The Hall–Kier alpha value is -3.94. The first-order valence-corrected chi connectivity index (χ1v) is 16.5. The first-order valence-electron chi connectivity index (χ1n) is 16.1. The molecule has 3 N–H and O–H groups in total. The van der Waals surface area contributed by atoms with Crippen LogP contribution in [0, 0.1) is 5.92 Å². The monoisotopic (exact) mass is 626 g/mol. The molecule has 236 valence electrons. The molecule has 3 aromatic carbocycles. The molecule has 2 atom stereocenters. The van der Waals surface area contributed by atoms with E-state index in [1.165, 1.54) is 12.5 Å². The molecule has 0 unspecified atom stereocenters. The lowest BCUT2D eigenvalue weighted by Gasteiger charge is -2.30. The zero-order valence-corrected chi connectivity index (χ0v) is 26.4. The van der Waals surface area contributed by atoms with E-state index in [-0.39, 0.29) is 42.1 Å². The molecule has 1 aliphatic carbocycles. The van der Waals surface area contributed by atoms with Gasteiger partial charge in [-0.05, 0) is 54.2 Å². The van der Waals surface area contributed by atoms with Gasteiger partial charge >= 0.3 is 0 Å². The standard InChI is InChI=1S/C37H43ClN4O3/c38-31-19-16-27(17-20-31)18-21-35(43)39-24-32-22-23-42(26-33(28-10-4-1-5-11-28)29-12-6-2-7-13-29)37(45)34(41-32)25-40-36(44)30-14-8-3-9-15-30/h1-2,4-7,10-13,16-21,30,32-34,41H,3,8-9,14-15,22-26H2,(H,39,43)(H,40,44)/b21-18+/t32-,34-/m0/s1. The number of hydrogen-bond acceptors (Lipinski definition) is 4. The molecule has 0 spiro atoms. The summed E-state index contributed by atoms with van der Waals surface area (Å²) in [6.45, 7) is 1.63. The lowest BCUT2D eigenvalue weighted by atomic mass is 9.88.